The van der Waals surface area contributed by atoms with E-state index in [-0.39, 0.29) is 0 Å². The molecule has 2 atom stereocenters. The minimum absolute atomic E-state index is 0.388. The molecule has 0 aromatic carbocycles. The normalized spacial score (nSPS) is 24.7. The van der Waals surface area contributed by atoms with Crippen molar-refractivity contribution in [2.75, 3.05) is 18.1 Å². The van der Waals surface area contributed by atoms with Crippen molar-refractivity contribution in [3.05, 3.63) is 11.7 Å². The second-order valence-corrected chi connectivity index (χ2v) is 7.51. The molecule has 0 saturated carbocycles. The van der Waals surface area contributed by atoms with Crippen LogP contribution in [0.2, 0.25) is 0 Å². The van der Waals surface area contributed by atoms with E-state index < -0.39 is 0 Å². The second-order valence-electron chi connectivity index (χ2n) is 4.77. The number of rotatable bonds is 5. The molecule has 0 amide bonds. The van der Waals surface area contributed by atoms with Crippen molar-refractivity contribution in [2.24, 2.45) is 0 Å². The van der Waals surface area contributed by atoms with E-state index in [9.17, 15) is 0 Å². The van der Waals surface area contributed by atoms with E-state index in [1.54, 1.807) is 0 Å². The molecule has 1 aromatic heterocycles. The van der Waals surface area contributed by atoms with Crippen molar-refractivity contribution in [1.82, 2.24) is 15.5 Å². The van der Waals surface area contributed by atoms with Gasteiger partial charge in [0.15, 0.2) is 5.82 Å². The lowest BCUT2D eigenvalue weighted by atomic mass is 10.3. The molecule has 1 saturated heterocycles. The maximum absolute atomic E-state index is 5.32. The van der Waals surface area contributed by atoms with Gasteiger partial charge in [-0.15, -0.1) is 11.8 Å². The van der Waals surface area contributed by atoms with Crippen LogP contribution in [0.25, 0.3) is 0 Å². The zero-order chi connectivity index (χ0) is 13.0. The second kappa shape index (κ2) is 6.82. The van der Waals surface area contributed by atoms with Crippen LogP contribution in [-0.4, -0.2) is 39.5 Å². The average Bonchev–Trinajstić information content (AvgIpc) is 2.78. The molecule has 0 spiro atoms. The van der Waals surface area contributed by atoms with Gasteiger partial charge in [-0.05, 0) is 0 Å². The van der Waals surface area contributed by atoms with Gasteiger partial charge in [0.05, 0.1) is 5.25 Å². The molecule has 6 heteroatoms. The molecule has 2 unspecified atom stereocenters. The van der Waals surface area contributed by atoms with Gasteiger partial charge in [0.25, 0.3) is 0 Å². The highest BCUT2D eigenvalue weighted by molar-refractivity contribution is 8.06. The van der Waals surface area contributed by atoms with Crippen molar-refractivity contribution < 1.29 is 4.52 Å². The summed E-state index contributed by atoms with van der Waals surface area (Å²) in [4.78, 5) is 4.53. The molecule has 2 rings (SSSR count). The zero-order valence-electron chi connectivity index (χ0n) is 11.2. The molecule has 1 aliphatic heterocycles. The van der Waals surface area contributed by atoms with Crippen molar-refractivity contribution in [3.8, 4) is 0 Å². The minimum atomic E-state index is 0.388. The van der Waals surface area contributed by atoms with Gasteiger partial charge in [-0.1, -0.05) is 25.9 Å². The summed E-state index contributed by atoms with van der Waals surface area (Å²) in [6.45, 7) is 7.41. The molecule has 0 aliphatic carbocycles. The highest BCUT2D eigenvalue weighted by Gasteiger charge is 2.28. The van der Waals surface area contributed by atoms with Gasteiger partial charge in [0.2, 0.25) is 5.89 Å². The van der Waals surface area contributed by atoms with Gasteiger partial charge in [0.1, 0.15) is 0 Å². The summed E-state index contributed by atoms with van der Waals surface area (Å²) >= 11 is 3.94. The number of thioether (sulfide) groups is 2. The molecule has 18 heavy (non-hydrogen) atoms. The monoisotopic (exact) mass is 287 g/mol. The van der Waals surface area contributed by atoms with Crippen LogP contribution < -0.4 is 5.32 Å². The highest BCUT2D eigenvalue weighted by atomic mass is 32.2. The Labute approximate surface area is 117 Å². The molecule has 0 bridgehead atoms. The molecule has 0 radical (unpaired) electrons. The first-order valence-electron chi connectivity index (χ1n) is 6.46. The maximum atomic E-state index is 5.32. The van der Waals surface area contributed by atoms with E-state index in [1.165, 1.54) is 11.5 Å². The SMILES string of the molecule is CC(C)NCCc1nc(C2SCCSC2C)no1. The average molecular weight is 287 g/mol. The van der Waals surface area contributed by atoms with Crippen molar-refractivity contribution in [3.63, 3.8) is 0 Å². The third-order valence-electron chi connectivity index (χ3n) is 2.82. The quantitative estimate of drug-likeness (QED) is 0.898. The van der Waals surface area contributed by atoms with E-state index in [0.29, 0.717) is 16.5 Å². The molecule has 1 fully saturated rings. The lowest BCUT2D eigenvalue weighted by molar-refractivity contribution is 0.368. The summed E-state index contributed by atoms with van der Waals surface area (Å²) in [5, 5.41) is 8.45. The number of hydrogen-bond acceptors (Lipinski definition) is 6. The van der Waals surface area contributed by atoms with Crippen LogP contribution >= 0.6 is 23.5 Å². The van der Waals surface area contributed by atoms with E-state index in [4.69, 9.17) is 4.52 Å². The lowest BCUT2D eigenvalue weighted by Crippen LogP contribution is -2.25. The molecule has 1 aliphatic rings. The Hall–Kier alpha value is -0.200. The Bertz CT molecular complexity index is 370. The van der Waals surface area contributed by atoms with Gasteiger partial charge in [-0.25, -0.2) is 0 Å². The predicted octanol–water partition coefficient (Wildman–Crippen LogP) is 2.52. The number of hydrogen-bond donors (Lipinski definition) is 1. The first kappa shape index (κ1) is 14.2. The third-order valence-corrected chi connectivity index (χ3v) is 5.90. The van der Waals surface area contributed by atoms with Crippen LogP contribution in [-0.2, 0) is 6.42 Å². The highest BCUT2D eigenvalue weighted by Crippen LogP contribution is 2.40. The minimum Gasteiger partial charge on any atom is -0.339 e. The fourth-order valence-corrected chi connectivity index (χ4v) is 4.55. The summed E-state index contributed by atoms with van der Waals surface area (Å²) in [5.74, 6) is 4.03. The molecular weight excluding hydrogens is 266 g/mol. The fourth-order valence-electron chi connectivity index (χ4n) is 1.87. The molecular formula is C12H21N3OS2. The molecule has 1 aromatic rings. The Kier molecular flexibility index (Phi) is 5.38. The Morgan fingerprint density at radius 1 is 1.39 bits per heavy atom. The van der Waals surface area contributed by atoms with Gasteiger partial charge >= 0.3 is 0 Å². The number of nitrogens with one attached hydrogen (secondary N) is 1. The van der Waals surface area contributed by atoms with Gasteiger partial charge in [0, 0.05) is 35.8 Å². The summed E-state index contributed by atoms with van der Waals surface area (Å²) in [5.41, 5.74) is 0. The van der Waals surface area contributed by atoms with Crippen LogP contribution in [0.15, 0.2) is 4.52 Å². The van der Waals surface area contributed by atoms with E-state index in [1.807, 2.05) is 23.5 Å². The zero-order valence-corrected chi connectivity index (χ0v) is 12.8. The fraction of sp³-hybridized carbons (Fsp3) is 0.833. The van der Waals surface area contributed by atoms with Crippen molar-refractivity contribution in [2.45, 2.75) is 43.7 Å². The van der Waals surface area contributed by atoms with Crippen LogP contribution in [0.5, 0.6) is 0 Å². The van der Waals surface area contributed by atoms with E-state index >= 15 is 0 Å². The van der Waals surface area contributed by atoms with E-state index in [2.05, 4.69) is 36.2 Å². The molecule has 102 valence electrons. The van der Waals surface area contributed by atoms with Crippen molar-refractivity contribution in [1.29, 1.82) is 0 Å². The molecule has 1 N–H and O–H groups in total. The first-order valence-corrected chi connectivity index (χ1v) is 8.55. The van der Waals surface area contributed by atoms with Gasteiger partial charge in [-0.2, -0.15) is 16.7 Å². The summed E-state index contributed by atoms with van der Waals surface area (Å²) in [7, 11) is 0. The van der Waals surface area contributed by atoms with Crippen LogP contribution in [0, 0.1) is 0 Å². The lowest BCUT2D eigenvalue weighted by Gasteiger charge is -2.24. The Balaban J connectivity index is 1.88. The standard InChI is InChI=1S/C12H21N3OS2/c1-8(2)13-5-4-10-14-12(15-16-10)11-9(3)17-6-7-18-11/h8-9,11,13H,4-7H2,1-3H3. The Morgan fingerprint density at radius 3 is 2.89 bits per heavy atom. The van der Waals surface area contributed by atoms with Crippen LogP contribution in [0.1, 0.15) is 37.7 Å². The maximum Gasteiger partial charge on any atom is 0.227 e. The van der Waals surface area contributed by atoms with E-state index in [0.717, 1.165) is 24.7 Å². The predicted molar refractivity (Wildman–Crippen MR) is 78.3 cm³/mol. The third kappa shape index (κ3) is 3.90. The molecule has 2 heterocycles. The van der Waals surface area contributed by atoms with Crippen LogP contribution in [0.4, 0.5) is 0 Å². The van der Waals surface area contributed by atoms with Crippen molar-refractivity contribution >= 4 is 23.5 Å². The smallest absolute Gasteiger partial charge is 0.227 e. The first-order chi connectivity index (χ1) is 8.66. The summed E-state index contributed by atoms with van der Waals surface area (Å²) in [6.07, 6.45) is 0.810. The summed E-state index contributed by atoms with van der Waals surface area (Å²) in [6, 6.07) is 0.498. The molecule has 4 nitrogen and oxygen atoms in total. The van der Waals surface area contributed by atoms with Crippen LogP contribution in [0.3, 0.4) is 0 Å². The largest absolute Gasteiger partial charge is 0.339 e. The Morgan fingerprint density at radius 2 is 2.17 bits per heavy atom. The summed E-state index contributed by atoms with van der Waals surface area (Å²) < 4.78 is 5.32. The number of nitrogens with zero attached hydrogens (tertiary/aromatic N) is 2. The topological polar surface area (TPSA) is 51.0 Å². The number of aromatic nitrogens is 2. The van der Waals surface area contributed by atoms with Gasteiger partial charge < -0.3 is 9.84 Å². The van der Waals surface area contributed by atoms with Gasteiger partial charge in [-0.3, -0.25) is 0 Å².